The summed E-state index contributed by atoms with van der Waals surface area (Å²) in [6, 6.07) is 15.9. The quantitative estimate of drug-likeness (QED) is 0.574. The first-order chi connectivity index (χ1) is 8.79. The Morgan fingerprint density at radius 1 is 1.06 bits per heavy atom. The normalized spacial score (nSPS) is 11.0. The van der Waals surface area contributed by atoms with Gasteiger partial charge in [-0.2, -0.15) is 0 Å². The third kappa shape index (κ3) is 1.92. The summed E-state index contributed by atoms with van der Waals surface area (Å²) in [5, 5.41) is 1.81. The molecule has 0 fully saturated rings. The Morgan fingerprint density at radius 3 is 2.56 bits per heavy atom. The highest BCUT2D eigenvalue weighted by atomic mass is 35.5. The van der Waals surface area contributed by atoms with Gasteiger partial charge in [-0.15, -0.1) is 11.8 Å². The Labute approximate surface area is 115 Å². The van der Waals surface area contributed by atoms with Gasteiger partial charge < -0.3 is 4.42 Å². The zero-order valence-corrected chi connectivity index (χ0v) is 11.4. The summed E-state index contributed by atoms with van der Waals surface area (Å²) < 4.78 is 5.95. The predicted molar refractivity (Wildman–Crippen MR) is 78.4 cm³/mol. The second-order valence-electron chi connectivity index (χ2n) is 3.97. The second kappa shape index (κ2) is 4.71. The molecule has 2 aromatic carbocycles. The van der Waals surface area contributed by atoms with Gasteiger partial charge in [0, 0.05) is 16.0 Å². The van der Waals surface area contributed by atoms with Crippen molar-refractivity contribution in [2.75, 3.05) is 6.26 Å². The van der Waals surface area contributed by atoms with E-state index in [-0.39, 0.29) is 0 Å². The van der Waals surface area contributed by atoms with Crippen molar-refractivity contribution in [1.82, 2.24) is 0 Å². The third-order valence-corrected chi connectivity index (χ3v) is 3.89. The van der Waals surface area contributed by atoms with E-state index in [2.05, 4.69) is 18.4 Å². The standard InChI is InChI=1S/C15H11ClOS/c1-18-15-12-9-11(16)7-8-13(12)17-14(15)10-5-3-2-4-6-10/h2-9H,1H3. The van der Waals surface area contributed by atoms with Crippen LogP contribution in [0.4, 0.5) is 0 Å². The summed E-state index contributed by atoms with van der Waals surface area (Å²) in [6.45, 7) is 0. The van der Waals surface area contributed by atoms with Gasteiger partial charge in [0.15, 0.2) is 0 Å². The Morgan fingerprint density at radius 2 is 1.83 bits per heavy atom. The predicted octanol–water partition coefficient (Wildman–Crippen LogP) is 5.48. The van der Waals surface area contributed by atoms with Crippen molar-refractivity contribution >= 4 is 34.3 Å². The molecular weight excluding hydrogens is 264 g/mol. The lowest BCUT2D eigenvalue weighted by atomic mass is 10.1. The number of halogens is 1. The van der Waals surface area contributed by atoms with Gasteiger partial charge in [-0.25, -0.2) is 0 Å². The summed E-state index contributed by atoms with van der Waals surface area (Å²) >= 11 is 7.73. The monoisotopic (exact) mass is 274 g/mol. The fraction of sp³-hybridized carbons (Fsp3) is 0.0667. The molecule has 0 N–H and O–H groups in total. The largest absolute Gasteiger partial charge is 0.455 e. The Kier molecular flexibility index (Phi) is 3.06. The maximum atomic E-state index is 6.05. The third-order valence-electron chi connectivity index (χ3n) is 2.84. The van der Waals surface area contributed by atoms with E-state index in [0.29, 0.717) is 0 Å². The minimum Gasteiger partial charge on any atom is -0.455 e. The molecule has 3 rings (SSSR count). The molecule has 0 radical (unpaired) electrons. The fourth-order valence-electron chi connectivity index (χ4n) is 2.03. The molecule has 1 nitrogen and oxygen atoms in total. The maximum absolute atomic E-state index is 6.05. The van der Waals surface area contributed by atoms with Crippen molar-refractivity contribution in [2.45, 2.75) is 4.90 Å². The zero-order chi connectivity index (χ0) is 12.5. The lowest BCUT2D eigenvalue weighted by molar-refractivity contribution is 0.625. The van der Waals surface area contributed by atoms with Crippen molar-refractivity contribution in [3.63, 3.8) is 0 Å². The number of benzene rings is 2. The summed E-state index contributed by atoms with van der Waals surface area (Å²) in [5.74, 6) is 0.917. The topological polar surface area (TPSA) is 13.1 Å². The van der Waals surface area contributed by atoms with Crippen LogP contribution in [0.15, 0.2) is 57.8 Å². The molecular formula is C15H11ClOS. The summed E-state index contributed by atoms with van der Waals surface area (Å²) in [6.07, 6.45) is 2.05. The van der Waals surface area contributed by atoms with E-state index >= 15 is 0 Å². The van der Waals surface area contributed by atoms with Gasteiger partial charge in [0.05, 0.1) is 4.90 Å². The van der Waals surface area contributed by atoms with Gasteiger partial charge in [-0.1, -0.05) is 41.9 Å². The lowest BCUT2D eigenvalue weighted by Crippen LogP contribution is -1.75. The minimum absolute atomic E-state index is 0.734. The van der Waals surface area contributed by atoms with Crippen LogP contribution in [-0.2, 0) is 0 Å². The number of hydrogen-bond donors (Lipinski definition) is 0. The molecule has 3 aromatic rings. The van der Waals surface area contributed by atoms with Crippen LogP contribution in [0.1, 0.15) is 0 Å². The molecule has 0 atom stereocenters. The van der Waals surface area contributed by atoms with Crippen molar-refractivity contribution in [3.05, 3.63) is 53.6 Å². The molecule has 0 aliphatic rings. The van der Waals surface area contributed by atoms with Crippen LogP contribution in [0.25, 0.3) is 22.3 Å². The van der Waals surface area contributed by atoms with Crippen LogP contribution in [0.2, 0.25) is 5.02 Å². The first-order valence-electron chi connectivity index (χ1n) is 5.61. The van der Waals surface area contributed by atoms with E-state index in [1.807, 2.05) is 36.4 Å². The average Bonchev–Trinajstić information content (AvgIpc) is 2.77. The van der Waals surface area contributed by atoms with Crippen molar-refractivity contribution < 1.29 is 4.42 Å². The highest BCUT2D eigenvalue weighted by Gasteiger charge is 2.15. The number of fused-ring (bicyclic) bond motifs is 1. The summed E-state index contributed by atoms with van der Waals surface area (Å²) in [7, 11) is 0. The van der Waals surface area contributed by atoms with Crippen LogP contribution >= 0.6 is 23.4 Å². The molecule has 0 bridgehead atoms. The molecule has 0 amide bonds. The first-order valence-corrected chi connectivity index (χ1v) is 7.21. The molecule has 0 saturated heterocycles. The van der Waals surface area contributed by atoms with Crippen molar-refractivity contribution in [3.8, 4) is 11.3 Å². The molecule has 1 heterocycles. The number of hydrogen-bond acceptors (Lipinski definition) is 2. The van der Waals surface area contributed by atoms with Crippen LogP contribution < -0.4 is 0 Å². The van der Waals surface area contributed by atoms with Gasteiger partial charge >= 0.3 is 0 Å². The summed E-state index contributed by atoms with van der Waals surface area (Å²) in [5.41, 5.74) is 1.97. The Hall–Kier alpha value is -1.38. The SMILES string of the molecule is CSc1c(-c2ccccc2)oc2ccc(Cl)cc12. The second-order valence-corrected chi connectivity index (χ2v) is 5.22. The molecule has 3 heteroatoms. The Bertz CT molecular complexity index is 688. The van der Waals surface area contributed by atoms with Gasteiger partial charge in [0.2, 0.25) is 0 Å². The van der Waals surface area contributed by atoms with E-state index in [1.165, 1.54) is 0 Å². The smallest absolute Gasteiger partial charge is 0.148 e. The minimum atomic E-state index is 0.734. The maximum Gasteiger partial charge on any atom is 0.148 e. The van der Waals surface area contributed by atoms with Crippen LogP contribution in [-0.4, -0.2) is 6.26 Å². The highest BCUT2D eigenvalue weighted by molar-refractivity contribution is 7.99. The first kappa shape index (κ1) is 11.7. The molecule has 0 aliphatic carbocycles. The molecule has 0 unspecified atom stereocenters. The molecule has 0 aliphatic heterocycles. The van der Waals surface area contributed by atoms with Crippen LogP contribution in [0.5, 0.6) is 0 Å². The Balaban J connectivity index is 2.30. The van der Waals surface area contributed by atoms with Crippen molar-refractivity contribution in [2.24, 2.45) is 0 Å². The fourth-order valence-corrected chi connectivity index (χ4v) is 2.93. The average molecular weight is 275 g/mol. The number of rotatable bonds is 2. The van der Waals surface area contributed by atoms with E-state index < -0.39 is 0 Å². The zero-order valence-electron chi connectivity index (χ0n) is 9.81. The highest BCUT2D eigenvalue weighted by Crippen LogP contribution is 2.39. The van der Waals surface area contributed by atoms with Gasteiger partial charge in [0.25, 0.3) is 0 Å². The number of furan rings is 1. The van der Waals surface area contributed by atoms with Crippen LogP contribution in [0.3, 0.4) is 0 Å². The van der Waals surface area contributed by atoms with E-state index in [0.717, 1.165) is 32.2 Å². The molecule has 18 heavy (non-hydrogen) atoms. The van der Waals surface area contributed by atoms with E-state index in [9.17, 15) is 0 Å². The van der Waals surface area contributed by atoms with E-state index in [4.69, 9.17) is 16.0 Å². The lowest BCUT2D eigenvalue weighted by Gasteiger charge is -1.99. The van der Waals surface area contributed by atoms with Gasteiger partial charge in [0.1, 0.15) is 11.3 Å². The molecule has 0 spiro atoms. The van der Waals surface area contributed by atoms with Crippen molar-refractivity contribution in [1.29, 1.82) is 0 Å². The molecule has 0 saturated carbocycles. The molecule has 90 valence electrons. The van der Waals surface area contributed by atoms with E-state index in [1.54, 1.807) is 11.8 Å². The molecule has 1 aromatic heterocycles. The number of thioether (sulfide) groups is 1. The summed E-state index contributed by atoms with van der Waals surface area (Å²) in [4.78, 5) is 1.14. The van der Waals surface area contributed by atoms with Gasteiger partial charge in [-0.3, -0.25) is 0 Å². The van der Waals surface area contributed by atoms with Crippen LogP contribution in [0, 0.1) is 0 Å². The van der Waals surface area contributed by atoms with Gasteiger partial charge in [-0.05, 0) is 24.5 Å².